The molecule has 0 nitrogen and oxygen atoms in total. The highest BCUT2D eigenvalue weighted by Gasteiger charge is 2.42. The lowest BCUT2D eigenvalue weighted by Crippen LogP contribution is -2.25. The quantitative estimate of drug-likeness (QED) is 0.515. The van der Waals surface area contributed by atoms with Gasteiger partial charge in [0.15, 0.2) is 0 Å². The molecule has 0 aromatic carbocycles. The van der Waals surface area contributed by atoms with E-state index < -0.39 is 29.7 Å². The number of hydrogen-bond donors (Lipinski definition) is 0. The summed E-state index contributed by atoms with van der Waals surface area (Å²) in [5.41, 5.74) is -1.58. The van der Waals surface area contributed by atoms with E-state index in [2.05, 4.69) is 0 Å². The van der Waals surface area contributed by atoms with Crippen LogP contribution < -0.4 is 0 Å². The van der Waals surface area contributed by atoms with Gasteiger partial charge in [-0.3, -0.25) is 0 Å². The molecule has 0 heterocycles. The summed E-state index contributed by atoms with van der Waals surface area (Å²) in [6, 6.07) is 0. The Balaban J connectivity index is 4.59. The molecule has 0 aliphatic rings. The van der Waals surface area contributed by atoms with Crippen LogP contribution in [0.4, 0.5) is 26.3 Å². The van der Waals surface area contributed by atoms with Gasteiger partial charge in [-0.25, -0.2) is 0 Å². The lowest BCUT2D eigenvalue weighted by atomic mass is 10.1. The third-order valence-corrected chi connectivity index (χ3v) is 1.82. The molecule has 0 amide bonds. The normalized spacial score (nSPS) is 17.0. The predicted octanol–water partition coefficient (Wildman–Crippen LogP) is 4.23. The van der Waals surface area contributed by atoms with Crippen LogP contribution in [-0.2, 0) is 0 Å². The third kappa shape index (κ3) is 4.95. The smallest absolute Gasteiger partial charge is 0.171 e. The molecule has 0 saturated heterocycles. The van der Waals surface area contributed by atoms with Crippen molar-refractivity contribution in [1.29, 1.82) is 0 Å². The van der Waals surface area contributed by atoms with E-state index in [-0.39, 0.29) is 5.54 Å². The molecule has 1 atom stereocenters. The standard InChI is InChI=1S/C6H4Cl2F6/c7-2-3(6(12,13)14)4(8)1-5(9,10)11/h2,4H,1H2/b3-2+. The molecule has 84 valence electrons. The first-order valence-corrected chi connectivity index (χ1v) is 4.03. The first-order chi connectivity index (χ1) is 6.08. The Hall–Kier alpha value is -0.100. The van der Waals surface area contributed by atoms with E-state index in [0.29, 0.717) is 0 Å². The largest absolute Gasteiger partial charge is 0.414 e. The Morgan fingerprint density at radius 2 is 1.57 bits per heavy atom. The van der Waals surface area contributed by atoms with E-state index in [1.165, 1.54) is 0 Å². The molecule has 0 aromatic heterocycles. The van der Waals surface area contributed by atoms with Gasteiger partial charge in [0.2, 0.25) is 0 Å². The van der Waals surface area contributed by atoms with Crippen LogP contribution in [0.3, 0.4) is 0 Å². The van der Waals surface area contributed by atoms with Crippen LogP contribution in [0.2, 0.25) is 0 Å². The van der Waals surface area contributed by atoms with E-state index in [0.717, 1.165) is 0 Å². The van der Waals surface area contributed by atoms with E-state index in [1.807, 2.05) is 0 Å². The summed E-state index contributed by atoms with van der Waals surface area (Å²) in [7, 11) is 0. The molecule has 1 unspecified atom stereocenters. The maximum atomic E-state index is 11.9. The zero-order valence-corrected chi connectivity index (χ0v) is 7.90. The third-order valence-electron chi connectivity index (χ3n) is 1.19. The van der Waals surface area contributed by atoms with Crippen LogP contribution in [0.15, 0.2) is 11.1 Å². The van der Waals surface area contributed by atoms with Crippen LogP contribution in [0.5, 0.6) is 0 Å². The molecule has 0 bridgehead atoms. The lowest BCUT2D eigenvalue weighted by molar-refractivity contribution is -0.138. The van der Waals surface area contributed by atoms with Crippen molar-refractivity contribution in [3.05, 3.63) is 11.1 Å². The van der Waals surface area contributed by atoms with Gasteiger partial charge in [0, 0.05) is 5.54 Å². The number of alkyl halides is 7. The Kier molecular flexibility index (Phi) is 4.58. The second-order valence-corrected chi connectivity index (χ2v) is 3.09. The molecule has 0 aliphatic heterocycles. The molecule has 0 radical (unpaired) electrons. The Morgan fingerprint density at radius 3 is 1.79 bits per heavy atom. The van der Waals surface area contributed by atoms with Crippen molar-refractivity contribution < 1.29 is 26.3 Å². The van der Waals surface area contributed by atoms with Crippen molar-refractivity contribution >= 4 is 23.2 Å². The second-order valence-electron chi connectivity index (χ2n) is 2.35. The van der Waals surface area contributed by atoms with E-state index in [1.54, 1.807) is 0 Å². The van der Waals surface area contributed by atoms with Crippen molar-refractivity contribution in [2.24, 2.45) is 0 Å². The summed E-state index contributed by atoms with van der Waals surface area (Å²) in [5.74, 6) is 0. The van der Waals surface area contributed by atoms with Crippen molar-refractivity contribution in [1.82, 2.24) is 0 Å². The molecule has 0 N–H and O–H groups in total. The Bertz CT molecular complexity index is 215. The number of rotatable bonds is 2. The fraction of sp³-hybridized carbons (Fsp3) is 0.667. The van der Waals surface area contributed by atoms with E-state index in [4.69, 9.17) is 23.2 Å². The van der Waals surface area contributed by atoms with Gasteiger partial charge in [-0.15, -0.1) is 11.6 Å². The summed E-state index contributed by atoms with van der Waals surface area (Å²) in [5, 5.41) is -2.22. The second kappa shape index (κ2) is 4.61. The number of allylic oxidation sites excluding steroid dienone is 1. The minimum Gasteiger partial charge on any atom is -0.171 e. The number of hydrogen-bond acceptors (Lipinski definition) is 0. The van der Waals surface area contributed by atoms with Crippen molar-refractivity contribution in [3.8, 4) is 0 Å². The summed E-state index contributed by atoms with van der Waals surface area (Å²) in [6.45, 7) is 0. The maximum Gasteiger partial charge on any atom is 0.414 e. The van der Waals surface area contributed by atoms with Gasteiger partial charge in [-0.1, -0.05) is 11.6 Å². The van der Waals surface area contributed by atoms with Gasteiger partial charge in [-0.2, -0.15) is 26.3 Å². The van der Waals surface area contributed by atoms with E-state index >= 15 is 0 Å². The van der Waals surface area contributed by atoms with Gasteiger partial charge in [0.25, 0.3) is 0 Å². The van der Waals surface area contributed by atoms with Gasteiger partial charge >= 0.3 is 12.4 Å². The molecule has 0 aliphatic carbocycles. The summed E-state index contributed by atoms with van der Waals surface area (Å²) in [6.07, 6.45) is -11.5. The van der Waals surface area contributed by atoms with Crippen LogP contribution in [0.1, 0.15) is 6.42 Å². The molecule has 0 fully saturated rings. The fourth-order valence-electron chi connectivity index (χ4n) is 0.621. The summed E-state index contributed by atoms with van der Waals surface area (Å²) < 4.78 is 70.8. The van der Waals surface area contributed by atoms with Crippen molar-refractivity contribution in [3.63, 3.8) is 0 Å². The molecule has 0 saturated carbocycles. The van der Waals surface area contributed by atoms with Gasteiger partial charge in [0.1, 0.15) is 0 Å². The van der Waals surface area contributed by atoms with Crippen LogP contribution >= 0.6 is 23.2 Å². The SMILES string of the molecule is FC(F)(F)CC(Cl)/C(=C\Cl)C(F)(F)F. The minimum atomic E-state index is -4.95. The molecule has 0 aromatic rings. The lowest BCUT2D eigenvalue weighted by Gasteiger charge is -2.17. The fourth-order valence-corrected chi connectivity index (χ4v) is 1.32. The first-order valence-electron chi connectivity index (χ1n) is 3.16. The monoisotopic (exact) mass is 260 g/mol. The van der Waals surface area contributed by atoms with Crippen molar-refractivity contribution in [2.75, 3.05) is 0 Å². The highest BCUT2D eigenvalue weighted by atomic mass is 35.5. The average Bonchev–Trinajstić information content (AvgIpc) is 1.79. The average molecular weight is 261 g/mol. The molecular weight excluding hydrogens is 257 g/mol. The van der Waals surface area contributed by atoms with Crippen molar-refractivity contribution in [2.45, 2.75) is 24.2 Å². The maximum absolute atomic E-state index is 11.9. The molecular formula is C6H4Cl2F6. The highest BCUT2D eigenvalue weighted by Crippen LogP contribution is 2.36. The minimum absolute atomic E-state index is 0.0173. The summed E-state index contributed by atoms with van der Waals surface area (Å²) in [4.78, 5) is 0. The molecule has 0 rings (SSSR count). The summed E-state index contributed by atoms with van der Waals surface area (Å²) >= 11 is 9.67. The molecule has 0 spiro atoms. The zero-order valence-electron chi connectivity index (χ0n) is 6.39. The highest BCUT2D eigenvalue weighted by molar-refractivity contribution is 6.28. The number of halogens is 8. The Labute approximate surface area is 85.5 Å². The predicted molar refractivity (Wildman–Crippen MR) is 40.3 cm³/mol. The topological polar surface area (TPSA) is 0 Å². The van der Waals surface area contributed by atoms with Crippen LogP contribution in [0.25, 0.3) is 0 Å². The van der Waals surface area contributed by atoms with Gasteiger partial charge in [0.05, 0.1) is 17.4 Å². The molecule has 14 heavy (non-hydrogen) atoms. The van der Waals surface area contributed by atoms with Crippen LogP contribution in [-0.4, -0.2) is 17.7 Å². The first kappa shape index (κ1) is 13.9. The van der Waals surface area contributed by atoms with Gasteiger partial charge < -0.3 is 0 Å². The van der Waals surface area contributed by atoms with Crippen LogP contribution in [0, 0.1) is 0 Å². The van der Waals surface area contributed by atoms with E-state index in [9.17, 15) is 26.3 Å². The van der Waals surface area contributed by atoms with Gasteiger partial charge in [-0.05, 0) is 0 Å². The Morgan fingerprint density at radius 1 is 1.14 bits per heavy atom. The molecule has 8 heteroatoms. The zero-order chi connectivity index (χ0) is 11.6.